The molecule has 0 aliphatic carbocycles. The zero-order valence-corrected chi connectivity index (χ0v) is 14.0. The third-order valence-corrected chi connectivity index (χ3v) is 3.90. The number of fused-ring (bicyclic) bond motifs is 1. The van der Waals surface area contributed by atoms with E-state index >= 15 is 0 Å². The Balaban J connectivity index is 1.61. The van der Waals surface area contributed by atoms with Gasteiger partial charge in [0.2, 0.25) is 0 Å². The Hall–Kier alpha value is -3.02. The first kappa shape index (κ1) is 16.8. The summed E-state index contributed by atoms with van der Waals surface area (Å²) in [6.07, 6.45) is 0.167. The molecule has 0 aromatic heterocycles. The predicted octanol–water partition coefficient (Wildman–Crippen LogP) is 3.39. The number of nitrogens with one attached hydrogen (secondary N) is 1. The molecule has 1 amide bonds. The summed E-state index contributed by atoms with van der Waals surface area (Å²) >= 11 is 0. The number of hydrogen-bond donors (Lipinski definition) is 2. The molecule has 1 aliphatic rings. The molecule has 0 fully saturated rings. The number of rotatable bonds is 4. The maximum atomic E-state index is 12.0. The number of hydrogen-bond acceptors (Lipinski definition) is 4. The van der Waals surface area contributed by atoms with Gasteiger partial charge in [-0.1, -0.05) is 24.3 Å². The number of para-hydroxylation sites is 1. The van der Waals surface area contributed by atoms with E-state index in [1.54, 1.807) is 18.2 Å². The van der Waals surface area contributed by atoms with Gasteiger partial charge in [-0.2, -0.15) is 0 Å². The van der Waals surface area contributed by atoms with E-state index < -0.39 is 12.1 Å². The molecular formula is C19H19NO5. The van der Waals surface area contributed by atoms with E-state index in [9.17, 15) is 9.59 Å². The summed E-state index contributed by atoms with van der Waals surface area (Å²) in [5, 5.41) is 11.5. The molecule has 6 heteroatoms. The predicted molar refractivity (Wildman–Crippen MR) is 91.1 cm³/mol. The standard InChI is InChI=1S/C19H19NO5/c1-19(2)10-14-4-3-5-15(16(14)25-19)24-18(23)20-11-12-6-8-13(9-7-12)17(21)22/h3-9H,10-11H2,1-2H3,(H,20,23)(H,21,22). The van der Waals surface area contributed by atoms with E-state index in [1.165, 1.54) is 12.1 Å². The Kier molecular flexibility index (Phi) is 4.35. The van der Waals surface area contributed by atoms with Gasteiger partial charge >= 0.3 is 12.1 Å². The van der Waals surface area contributed by atoms with Crippen LogP contribution in [0.5, 0.6) is 11.5 Å². The van der Waals surface area contributed by atoms with Gasteiger partial charge in [-0.25, -0.2) is 9.59 Å². The van der Waals surface area contributed by atoms with Crippen LogP contribution in [0.2, 0.25) is 0 Å². The Morgan fingerprint density at radius 3 is 2.60 bits per heavy atom. The molecule has 130 valence electrons. The van der Waals surface area contributed by atoms with Crippen LogP contribution in [-0.2, 0) is 13.0 Å². The van der Waals surface area contributed by atoms with Crippen LogP contribution in [0.1, 0.15) is 35.3 Å². The van der Waals surface area contributed by atoms with Gasteiger partial charge in [-0.3, -0.25) is 0 Å². The van der Waals surface area contributed by atoms with Gasteiger partial charge in [-0.05, 0) is 37.6 Å². The first-order valence-corrected chi connectivity index (χ1v) is 7.93. The van der Waals surface area contributed by atoms with Crippen molar-refractivity contribution in [1.29, 1.82) is 0 Å². The van der Waals surface area contributed by atoms with Gasteiger partial charge in [0.1, 0.15) is 5.60 Å². The normalized spacial score (nSPS) is 14.3. The molecule has 6 nitrogen and oxygen atoms in total. The Labute approximate surface area is 145 Å². The van der Waals surface area contributed by atoms with Crippen molar-refractivity contribution in [2.45, 2.75) is 32.4 Å². The van der Waals surface area contributed by atoms with Crippen molar-refractivity contribution in [3.05, 3.63) is 59.2 Å². The molecule has 0 radical (unpaired) electrons. The second kappa shape index (κ2) is 6.47. The van der Waals surface area contributed by atoms with Crippen molar-refractivity contribution in [2.24, 2.45) is 0 Å². The Bertz CT molecular complexity index is 811. The van der Waals surface area contributed by atoms with Gasteiger partial charge in [0, 0.05) is 18.5 Å². The summed E-state index contributed by atoms with van der Waals surface area (Å²) in [7, 11) is 0. The van der Waals surface area contributed by atoms with Crippen LogP contribution in [0.3, 0.4) is 0 Å². The Morgan fingerprint density at radius 1 is 1.20 bits per heavy atom. The molecule has 25 heavy (non-hydrogen) atoms. The molecule has 0 saturated heterocycles. The van der Waals surface area contributed by atoms with E-state index in [2.05, 4.69) is 5.32 Å². The first-order chi connectivity index (χ1) is 11.8. The fourth-order valence-electron chi connectivity index (χ4n) is 2.74. The van der Waals surface area contributed by atoms with Crippen molar-refractivity contribution >= 4 is 12.1 Å². The molecule has 0 saturated carbocycles. The van der Waals surface area contributed by atoms with Crippen LogP contribution in [0.4, 0.5) is 4.79 Å². The molecule has 2 aromatic carbocycles. The number of carbonyl (C=O) groups is 2. The lowest BCUT2D eigenvalue weighted by Gasteiger charge is -2.18. The molecule has 0 atom stereocenters. The summed E-state index contributed by atoms with van der Waals surface area (Å²) in [6, 6.07) is 11.8. The van der Waals surface area contributed by atoms with Crippen molar-refractivity contribution in [2.75, 3.05) is 0 Å². The highest BCUT2D eigenvalue weighted by atomic mass is 16.6. The van der Waals surface area contributed by atoms with Crippen LogP contribution in [0.15, 0.2) is 42.5 Å². The quantitative estimate of drug-likeness (QED) is 0.890. The second-order valence-corrected chi connectivity index (χ2v) is 6.53. The summed E-state index contributed by atoms with van der Waals surface area (Å²) in [5.74, 6) is 0.00929. The first-order valence-electron chi connectivity index (χ1n) is 7.93. The fourth-order valence-corrected chi connectivity index (χ4v) is 2.74. The number of amides is 1. The second-order valence-electron chi connectivity index (χ2n) is 6.53. The smallest absolute Gasteiger partial charge is 0.413 e. The minimum absolute atomic E-state index is 0.200. The molecule has 0 spiro atoms. The molecule has 1 aliphatic heterocycles. The molecule has 0 unspecified atom stereocenters. The van der Waals surface area contributed by atoms with Crippen molar-refractivity contribution in [3.8, 4) is 11.5 Å². The molecule has 0 bridgehead atoms. The highest BCUT2D eigenvalue weighted by molar-refractivity contribution is 5.87. The number of carboxylic acids is 1. The van der Waals surface area contributed by atoms with Crippen LogP contribution in [0, 0.1) is 0 Å². The van der Waals surface area contributed by atoms with Crippen molar-refractivity contribution in [3.63, 3.8) is 0 Å². The molecule has 3 rings (SSSR count). The Morgan fingerprint density at radius 2 is 1.92 bits per heavy atom. The third-order valence-electron chi connectivity index (χ3n) is 3.90. The topological polar surface area (TPSA) is 84.9 Å². The summed E-state index contributed by atoms with van der Waals surface area (Å²) in [6.45, 7) is 4.20. The lowest BCUT2D eigenvalue weighted by atomic mass is 10.0. The molecule has 2 aromatic rings. The van der Waals surface area contributed by atoms with Crippen molar-refractivity contribution < 1.29 is 24.2 Å². The third kappa shape index (κ3) is 3.91. The van der Waals surface area contributed by atoms with Crippen molar-refractivity contribution in [1.82, 2.24) is 5.32 Å². The van der Waals surface area contributed by atoms with E-state index in [4.69, 9.17) is 14.6 Å². The number of benzene rings is 2. The molecular weight excluding hydrogens is 322 g/mol. The number of aromatic carboxylic acids is 1. The monoisotopic (exact) mass is 341 g/mol. The van der Waals surface area contributed by atoms with Gasteiger partial charge < -0.3 is 19.9 Å². The maximum Gasteiger partial charge on any atom is 0.413 e. The highest BCUT2D eigenvalue weighted by Crippen LogP contribution is 2.41. The largest absolute Gasteiger partial charge is 0.483 e. The summed E-state index contributed by atoms with van der Waals surface area (Å²) < 4.78 is 11.2. The van der Waals surface area contributed by atoms with Crippen LogP contribution in [-0.4, -0.2) is 22.8 Å². The van der Waals surface area contributed by atoms with E-state index in [0.717, 1.165) is 17.5 Å². The lowest BCUT2D eigenvalue weighted by Crippen LogP contribution is -2.27. The summed E-state index contributed by atoms with van der Waals surface area (Å²) in [5.41, 5.74) is 1.67. The fraction of sp³-hybridized carbons (Fsp3) is 0.263. The van der Waals surface area contributed by atoms with Gasteiger partial charge in [0.25, 0.3) is 0 Å². The number of carbonyl (C=O) groups excluding carboxylic acids is 1. The zero-order chi connectivity index (χ0) is 18.0. The van der Waals surface area contributed by atoms with Gasteiger partial charge in [0.15, 0.2) is 11.5 Å². The average molecular weight is 341 g/mol. The van der Waals surface area contributed by atoms with E-state index in [0.29, 0.717) is 11.5 Å². The van der Waals surface area contributed by atoms with Crippen LogP contribution in [0.25, 0.3) is 0 Å². The summed E-state index contributed by atoms with van der Waals surface area (Å²) in [4.78, 5) is 22.9. The average Bonchev–Trinajstić information content (AvgIpc) is 2.88. The maximum absolute atomic E-state index is 12.0. The lowest BCUT2D eigenvalue weighted by molar-refractivity contribution is 0.0696. The SMILES string of the molecule is CC1(C)Cc2cccc(OC(=O)NCc3ccc(C(=O)O)cc3)c2O1. The highest BCUT2D eigenvalue weighted by Gasteiger charge is 2.32. The minimum atomic E-state index is -0.986. The van der Waals surface area contributed by atoms with Gasteiger partial charge in [-0.15, -0.1) is 0 Å². The van der Waals surface area contributed by atoms with Crippen LogP contribution >= 0.6 is 0 Å². The van der Waals surface area contributed by atoms with E-state index in [1.807, 2.05) is 26.0 Å². The van der Waals surface area contributed by atoms with Crippen LogP contribution < -0.4 is 14.8 Å². The zero-order valence-electron chi connectivity index (χ0n) is 14.0. The number of ether oxygens (including phenoxy) is 2. The minimum Gasteiger partial charge on any atom is -0.483 e. The molecule has 2 N–H and O–H groups in total. The number of carboxylic acid groups (broad SMARTS) is 1. The molecule has 1 heterocycles. The van der Waals surface area contributed by atoms with E-state index in [-0.39, 0.29) is 17.7 Å². The van der Waals surface area contributed by atoms with Gasteiger partial charge in [0.05, 0.1) is 5.56 Å².